The first-order valence-corrected chi connectivity index (χ1v) is 15.6. The van der Waals surface area contributed by atoms with Crippen molar-refractivity contribution >= 4 is 34.2 Å². The minimum absolute atomic E-state index is 0.205. The number of ether oxygens (including phenoxy) is 1. The molecule has 1 aromatic heterocycles. The lowest BCUT2D eigenvalue weighted by Crippen LogP contribution is -2.48. The molecule has 43 heavy (non-hydrogen) atoms. The molecule has 9 heteroatoms. The smallest absolute Gasteiger partial charge is 0.292 e. The number of aliphatic hydroxyl groups is 1. The number of rotatable bonds is 11. The van der Waals surface area contributed by atoms with Crippen LogP contribution >= 0.6 is 11.6 Å². The summed E-state index contributed by atoms with van der Waals surface area (Å²) in [5.41, 5.74) is 3.96. The van der Waals surface area contributed by atoms with E-state index in [9.17, 15) is 14.7 Å². The van der Waals surface area contributed by atoms with Gasteiger partial charge in [-0.05, 0) is 92.6 Å². The van der Waals surface area contributed by atoms with Crippen LogP contribution < -0.4 is 10.1 Å². The van der Waals surface area contributed by atoms with E-state index in [1.54, 1.807) is 30.3 Å². The van der Waals surface area contributed by atoms with Crippen molar-refractivity contribution in [1.29, 1.82) is 0 Å². The molecule has 2 aliphatic carbocycles. The molecule has 2 heterocycles. The second kappa shape index (κ2) is 11.8. The van der Waals surface area contributed by atoms with Gasteiger partial charge in [-0.2, -0.15) is 5.10 Å². The highest BCUT2D eigenvalue weighted by molar-refractivity contribution is 6.42. The van der Waals surface area contributed by atoms with Gasteiger partial charge in [0.2, 0.25) is 5.78 Å². The van der Waals surface area contributed by atoms with Gasteiger partial charge >= 0.3 is 0 Å². The highest BCUT2D eigenvalue weighted by Crippen LogP contribution is 2.37. The van der Waals surface area contributed by atoms with Crippen molar-refractivity contribution in [1.82, 2.24) is 20.0 Å². The number of carbonyl (C=O) groups is 2. The number of aromatic nitrogens is 2. The predicted molar refractivity (Wildman–Crippen MR) is 165 cm³/mol. The fourth-order valence-corrected chi connectivity index (χ4v) is 6.12. The number of aliphatic hydroxyl groups excluding tert-OH is 1. The van der Waals surface area contributed by atoms with Crippen LogP contribution in [0.5, 0.6) is 5.75 Å². The van der Waals surface area contributed by atoms with Gasteiger partial charge in [0.15, 0.2) is 0 Å². The van der Waals surface area contributed by atoms with Gasteiger partial charge in [-0.15, -0.1) is 0 Å². The number of Topliss-reactive ketones (excluding diaryl/α,β-unsaturated/α-hetero) is 1. The summed E-state index contributed by atoms with van der Waals surface area (Å²) in [5, 5.41) is 20.3. The molecule has 0 spiro atoms. The minimum atomic E-state index is -1.05. The van der Waals surface area contributed by atoms with Crippen LogP contribution in [-0.2, 0) is 4.79 Å². The quantitative estimate of drug-likeness (QED) is 0.169. The number of halogens is 1. The van der Waals surface area contributed by atoms with Crippen molar-refractivity contribution in [3.05, 3.63) is 83.0 Å². The molecule has 1 amide bonds. The van der Waals surface area contributed by atoms with Crippen LogP contribution in [-0.4, -0.2) is 63.3 Å². The van der Waals surface area contributed by atoms with E-state index < -0.39 is 23.8 Å². The third kappa shape index (κ3) is 6.18. The fourth-order valence-electron chi connectivity index (χ4n) is 5.88. The largest absolute Gasteiger partial charge is 0.489 e. The van der Waals surface area contributed by atoms with Crippen LogP contribution in [0.15, 0.2) is 66.9 Å². The Hall–Kier alpha value is -3.72. The third-order valence-corrected chi connectivity index (χ3v) is 8.94. The zero-order chi connectivity index (χ0) is 29.5. The Morgan fingerprint density at radius 2 is 1.72 bits per heavy atom. The van der Waals surface area contributed by atoms with E-state index in [1.165, 1.54) is 12.8 Å². The topological polar surface area (TPSA) is 96.7 Å². The molecule has 2 unspecified atom stereocenters. The Morgan fingerprint density at radius 3 is 2.42 bits per heavy atom. The lowest BCUT2D eigenvalue weighted by molar-refractivity contribution is -0.118. The number of amides is 1. The average Bonchev–Trinajstić information content (AvgIpc) is 3.95. The molecule has 3 fully saturated rings. The second-order valence-electron chi connectivity index (χ2n) is 12.0. The lowest BCUT2D eigenvalue weighted by Gasteiger charge is -2.28. The van der Waals surface area contributed by atoms with E-state index in [-0.39, 0.29) is 6.10 Å². The molecule has 222 valence electrons. The van der Waals surface area contributed by atoms with Crippen LogP contribution in [0.3, 0.4) is 0 Å². The van der Waals surface area contributed by atoms with Gasteiger partial charge in [0.1, 0.15) is 11.9 Å². The van der Waals surface area contributed by atoms with Crippen LogP contribution in [0.4, 0.5) is 0 Å². The zero-order valence-corrected chi connectivity index (χ0v) is 24.7. The van der Waals surface area contributed by atoms with Crippen LogP contribution in [0.1, 0.15) is 66.6 Å². The number of carbonyl (C=O) groups excluding carboxylic acids is 2. The molecule has 8 nitrogen and oxygen atoms in total. The van der Waals surface area contributed by atoms with Crippen LogP contribution in [0, 0.1) is 0 Å². The summed E-state index contributed by atoms with van der Waals surface area (Å²) >= 11 is 6.47. The van der Waals surface area contributed by atoms with Crippen molar-refractivity contribution in [2.75, 3.05) is 19.6 Å². The van der Waals surface area contributed by atoms with Gasteiger partial charge in [0.25, 0.3) is 5.91 Å². The molecule has 7 rings (SSSR count). The van der Waals surface area contributed by atoms with Crippen molar-refractivity contribution in [2.24, 2.45) is 0 Å². The molecule has 1 aliphatic heterocycles. The second-order valence-corrected chi connectivity index (χ2v) is 12.4. The van der Waals surface area contributed by atoms with Crippen molar-refractivity contribution in [2.45, 2.75) is 62.8 Å². The Balaban J connectivity index is 1.05. The molecule has 2 saturated carbocycles. The van der Waals surface area contributed by atoms with Gasteiger partial charge in [-0.25, -0.2) is 0 Å². The Labute approximate surface area is 255 Å². The maximum Gasteiger partial charge on any atom is 0.292 e. The number of benzene rings is 3. The number of hydrogen-bond donors (Lipinski definition) is 2. The number of likely N-dealkylation sites (tertiary alicyclic amines) is 1. The van der Waals surface area contributed by atoms with Gasteiger partial charge in [-0.1, -0.05) is 48.0 Å². The van der Waals surface area contributed by atoms with Crippen molar-refractivity contribution in [3.63, 3.8) is 0 Å². The molecule has 3 aliphatic rings. The highest BCUT2D eigenvalue weighted by atomic mass is 35.5. The number of nitrogens with one attached hydrogen (secondary N) is 1. The molecule has 2 atom stereocenters. The molecule has 4 aromatic rings. The maximum atomic E-state index is 13.2. The van der Waals surface area contributed by atoms with Gasteiger partial charge in [0.05, 0.1) is 34.9 Å². The SMILES string of the molecule is O=C(NC(CN1CCCC1)C(O)c1ccc(OC2CC2)c(Cl)c1)C(=O)c1ccc(-c2ccc3c(cnn3C3CC3)c2)cc1. The maximum absolute atomic E-state index is 13.2. The highest BCUT2D eigenvalue weighted by Gasteiger charge is 2.30. The first-order valence-electron chi connectivity index (χ1n) is 15.2. The zero-order valence-electron chi connectivity index (χ0n) is 23.9. The van der Waals surface area contributed by atoms with Crippen molar-refractivity contribution < 1.29 is 19.4 Å². The van der Waals surface area contributed by atoms with E-state index in [4.69, 9.17) is 16.3 Å². The summed E-state index contributed by atoms with van der Waals surface area (Å²) in [6.07, 6.45) is 7.58. The first kappa shape index (κ1) is 28.1. The van der Waals surface area contributed by atoms with Gasteiger partial charge in [0, 0.05) is 17.5 Å². The number of ketones is 1. The lowest BCUT2D eigenvalue weighted by atomic mass is 9.99. The summed E-state index contributed by atoms with van der Waals surface area (Å²) in [5.74, 6) is -0.797. The predicted octanol–water partition coefficient (Wildman–Crippen LogP) is 5.73. The molecular weight excluding hydrogens is 564 g/mol. The average molecular weight is 599 g/mol. The third-order valence-electron chi connectivity index (χ3n) is 8.64. The van der Waals surface area contributed by atoms with Crippen LogP contribution in [0.25, 0.3) is 22.0 Å². The monoisotopic (exact) mass is 598 g/mol. The Kier molecular flexibility index (Phi) is 7.67. The normalized spacial score (nSPS) is 18.5. The molecule has 3 aromatic carbocycles. The van der Waals surface area contributed by atoms with E-state index >= 15 is 0 Å². The van der Waals surface area contributed by atoms with E-state index in [0.29, 0.717) is 34.5 Å². The summed E-state index contributed by atoms with van der Waals surface area (Å²) in [4.78, 5) is 28.7. The first-order chi connectivity index (χ1) is 20.9. The standard InChI is InChI=1S/C34H35ClN4O4/c35-28-18-24(8-14-31(28)43-27-11-12-27)32(40)29(20-38-15-1-2-16-38)37-34(42)33(41)22-5-3-21(4-6-22)23-7-13-30-25(17-23)19-36-39(30)26-9-10-26/h3-8,13-14,17-19,26-27,29,32,40H,1-2,9-12,15-16,20H2,(H,37,42). The summed E-state index contributed by atoms with van der Waals surface area (Å²) < 4.78 is 7.93. The fraction of sp³-hybridized carbons (Fsp3) is 0.382. The summed E-state index contributed by atoms with van der Waals surface area (Å²) in [7, 11) is 0. The molecule has 2 N–H and O–H groups in total. The molecule has 1 saturated heterocycles. The van der Waals surface area contributed by atoms with E-state index in [2.05, 4.69) is 38.2 Å². The van der Waals surface area contributed by atoms with Crippen molar-refractivity contribution in [3.8, 4) is 16.9 Å². The van der Waals surface area contributed by atoms with E-state index in [1.807, 2.05) is 18.3 Å². The van der Waals surface area contributed by atoms with Gasteiger partial charge < -0.3 is 20.1 Å². The minimum Gasteiger partial charge on any atom is -0.489 e. The number of hydrogen-bond acceptors (Lipinski definition) is 6. The number of fused-ring (bicyclic) bond motifs is 1. The summed E-state index contributed by atoms with van der Waals surface area (Å²) in [6, 6.07) is 18.4. The van der Waals surface area contributed by atoms with E-state index in [0.717, 1.165) is 60.8 Å². The number of nitrogens with zero attached hydrogens (tertiary/aromatic N) is 3. The molecule has 0 radical (unpaired) electrons. The van der Waals surface area contributed by atoms with Gasteiger partial charge in [-0.3, -0.25) is 14.3 Å². The summed E-state index contributed by atoms with van der Waals surface area (Å²) in [6.45, 7) is 2.20. The molecular formula is C34H35ClN4O4. The molecule has 0 bridgehead atoms. The Bertz CT molecular complexity index is 1650. The van der Waals surface area contributed by atoms with Crippen LogP contribution in [0.2, 0.25) is 5.02 Å². The Morgan fingerprint density at radius 1 is 0.977 bits per heavy atom.